The lowest BCUT2D eigenvalue weighted by Crippen LogP contribution is -2.16. The summed E-state index contributed by atoms with van der Waals surface area (Å²) in [4.78, 5) is 14.9. The number of nitrogens with one attached hydrogen (secondary N) is 1. The summed E-state index contributed by atoms with van der Waals surface area (Å²) in [6.45, 7) is -0.0844. The number of rotatable bonds is 4. The summed E-state index contributed by atoms with van der Waals surface area (Å²) in [6.07, 6.45) is 1.78. The van der Waals surface area contributed by atoms with Crippen LogP contribution in [0.15, 0.2) is 18.3 Å². The SMILES string of the molecule is COc1cc2cc[nH]c2c(OC)c1C(=O)CN. The first kappa shape index (κ1) is 11.5. The number of carbonyl (C=O) groups excluding carboxylic acids is 1. The minimum Gasteiger partial charge on any atom is -0.496 e. The van der Waals surface area contributed by atoms with Crippen LogP contribution in [0.3, 0.4) is 0 Å². The van der Waals surface area contributed by atoms with Crippen molar-refractivity contribution >= 4 is 16.7 Å². The van der Waals surface area contributed by atoms with E-state index in [0.29, 0.717) is 17.1 Å². The smallest absolute Gasteiger partial charge is 0.183 e. The number of ketones is 1. The number of fused-ring (bicyclic) bond motifs is 1. The van der Waals surface area contributed by atoms with Crippen molar-refractivity contribution in [3.8, 4) is 11.5 Å². The molecule has 0 unspecified atom stereocenters. The van der Waals surface area contributed by atoms with Gasteiger partial charge in [0, 0.05) is 11.6 Å². The summed E-state index contributed by atoms with van der Waals surface area (Å²) >= 11 is 0. The Morgan fingerprint density at radius 2 is 2.18 bits per heavy atom. The van der Waals surface area contributed by atoms with Crippen LogP contribution in [-0.4, -0.2) is 31.5 Å². The molecule has 3 N–H and O–H groups in total. The monoisotopic (exact) mass is 234 g/mol. The largest absolute Gasteiger partial charge is 0.496 e. The summed E-state index contributed by atoms with van der Waals surface area (Å²) in [5, 5.41) is 0.923. The van der Waals surface area contributed by atoms with Crippen LogP contribution in [0.4, 0.5) is 0 Å². The Bertz CT molecular complexity index is 560. The lowest BCUT2D eigenvalue weighted by Gasteiger charge is -2.12. The molecule has 17 heavy (non-hydrogen) atoms. The van der Waals surface area contributed by atoms with Crippen molar-refractivity contribution in [3.05, 3.63) is 23.9 Å². The summed E-state index contributed by atoms with van der Waals surface area (Å²) in [6, 6.07) is 3.67. The zero-order valence-corrected chi connectivity index (χ0v) is 9.74. The van der Waals surface area contributed by atoms with Gasteiger partial charge in [0.05, 0.1) is 26.3 Å². The van der Waals surface area contributed by atoms with E-state index < -0.39 is 0 Å². The highest BCUT2D eigenvalue weighted by Gasteiger charge is 2.20. The molecule has 0 radical (unpaired) electrons. The first-order chi connectivity index (χ1) is 8.22. The zero-order valence-electron chi connectivity index (χ0n) is 9.74. The number of Topliss-reactive ketones (excluding diaryl/α,β-unsaturated/α-hetero) is 1. The Kier molecular flexibility index (Phi) is 3.01. The van der Waals surface area contributed by atoms with Crippen molar-refractivity contribution in [1.29, 1.82) is 0 Å². The van der Waals surface area contributed by atoms with Crippen molar-refractivity contribution in [2.75, 3.05) is 20.8 Å². The molecule has 5 nitrogen and oxygen atoms in total. The number of carbonyl (C=O) groups is 1. The number of hydrogen-bond donors (Lipinski definition) is 2. The topological polar surface area (TPSA) is 77.3 Å². The highest BCUT2D eigenvalue weighted by atomic mass is 16.5. The lowest BCUT2D eigenvalue weighted by molar-refractivity contribution is 0.0995. The van der Waals surface area contributed by atoms with Gasteiger partial charge in [-0.3, -0.25) is 4.79 Å². The summed E-state index contributed by atoms with van der Waals surface area (Å²) in [5.74, 6) is 0.736. The molecule has 0 aliphatic heterocycles. The average Bonchev–Trinajstić information content (AvgIpc) is 2.83. The molecule has 1 aromatic heterocycles. The first-order valence-corrected chi connectivity index (χ1v) is 5.18. The normalized spacial score (nSPS) is 10.5. The van der Waals surface area contributed by atoms with E-state index in [9.17, 15) is 4.79 Å². The summed E-state index contributed by atoms with van der Waals surface area (Å²) in [7, 11) is 3.03. The molecule has 0 saturated heterocycles. The zero-order chi connectivity index (χ0) is 12.4. The van der Waals surface area contributed by atoms with Gasteiger partial charge in [0.1, 0.15) is 11.3 Å². The molecule has 1 aromatic carbocycles. The fourth-order valence-electron chi connectivity index (χ4n) is 1.88. The van der Waals surface area contributed by atoms with Crippen LogP contribution in [0.25, 0.3) is 10.9 Å². The van der Waals surface area contributed by atoms with E-state index in [0.717, 1.165) is 10.9 Å². The fourth-order valence-corrected chi connectivity index (χ4v) is 1.88. The van der Waals surface area contributed by atoms with Crippen molar-refractivity contribution < 1.29 is 14.3 Å². The molecule has 0 atom stereocenters. The second-order valence-electron chi connectivity index (χ2n) is 3.56. The third kappa shape index (κ3) is 1.74. The van der Waals surface area contributed by atoms with E-state index in [1.54, 1.807) is 12.3 Å². The van der Waals surface area contributed by atoms with Gasteiger partial charge in [-0.2, -0.15) is 0 Å². The Morgan fingerprint density at radius 1 is 1.41 bits per heavy atom. The van der Waals surface area contributed by atoms with Gasteiger partial charge in [-0.15, -0.1) is 0 Å². The fraction of sp³-hybridized carbons (Fsp3) is 0.250. The maximum Gasteiger partial charge on any atom is 0.183 e. The number of ether oxygens (including phenoxy) is 2. The molecule has 0 spiro atoms. The molecular weight excluding hydrogens is 220 g/mol. The van der Waals surface area contributed by atoms with Gasteiger partial charge < -0.3 is 20.2 Å². The number of benzene rings is 1. The van der Waals surface area contributed by atoms with Gasteiger partial charge in [0.15, 0.2) is 11.5 Å². The van der Waals surface area contributed by atoms with Crippen LogP contribution in [0.2, 0.25) is 0 Å². The third-order valence-corrected chi connectivity index (χ3v) is 2.65. The Morgan fingerprint density at radius 3 is 2.76 bits per heavy atom. The summed E-state index contributed by atoms with van der Waals surface area (Å²) in [5.41, 5.74) is 6.55. The van der Waals surface area contributed by atoms with Crippen LogP contribution >= 0.6 is 0 Å². The molecule has 0 saturated carbocycles. The Labute approximate surface area is 98.5 Å². The minimum atomic E-state index is -0.213. The van der Waals surface area contributed by atoms with Gasteiger partial charge in [-0.25, -0.2) is 0 Å². The van der Waals surface area contributed by atoms with Gasteiger partial charge in [0.2, 0.25) is 0 Å². The molecule has 0 aliphatic carbocycles. The molecule has 0 fully saturated rings. The molecule has 90 valence electrons. The maximum absolute atomic E-state index is 11.8. The molecule has 2 rings (SSSR count). The van der Waals surface area contributed by atoms with Crippen LogP contribution in [0.1, 0.15) is 10.4 Å². The molecule has 2 aromatic rings. The molecule has 5 heteroatoms. The number of aromatic nitrogens is 1. The van der Waals surface area contributed by atoms with Crippen molar-refractivity contribution in [3.63, 3.8) is 0 Å². The first-order valence-electron chi connectivity index (χ1n) is 5.18. The van der Waals surface area contributed by atoms with E-state index in [4.69, 9.17) is 15.2 Å². The van der Waals surface area contributed by atoms with E-state index in [1.165, 1.54) is 14.2 Å². The number of hydrogen-bond acceptors (Lipinski definition) is 4. The second kappa shape index (κ2) is 4.47. The molecule has 0 bridgehead atoms. The van der Waals surface area contributed by atoms with Crippen LogP contribution in [0, 0.1) is 0 Å². The third-order valence-electron chi connectivity index (χ3n) is 2.65. The second-order valence-corrected chi connectivity index (χ2v) is 3.56. The Balaban J connectivity index is 2.80. The van der Waals surface area contributed by atoms with Crippen molar-refractivity contribution in [2.24, 2.45) is 5.73 Å². The molecule has 1 heterocycles. The van der Waals surface area contributed by atoms with Crippen molar-refractivity contribution in [2.45, 2.75) is 0 Å². The van der Waals surface area contributed by atoms with Crippen molar-refractivity contribution in [1.82, 2.24) is 4.98 Å². The molecule has 0 amide bonds. The quantitative estimate of drug-likeness (QED) is 0.782. The standard InChI is InChI=1S/C12H14N2O3/c1-16-9-5-7-3-4-14-11(7)12(17-2)10(9)8(15)6-13/h3-5,14H,6,13H2,1-2H3. The van der Waals surface area contributed by atoms with Crippen LogP contribution in [-0.2, 0) is 0 Å². The maximum atomic E-state index is 11.8. The van der Waals surface area contributed by atoms with E-state index in [2.05, 4.69) is 4.98 Å². The highest BCUT2D eigenvalue weighted by Crippen LogP contribution is 2.36. The van der Waals surface area contributed by atoms with E-state index >= 15 is 0 Å². The number of nitrogens with two attached hydrogens (primary N) is 1. The van der Waals surface area contributed by atoms with E-state index in [-0.39, 0.29) is 12.3 Å². The van der Waals surface area contributed by atoms with Crippen LogP contribution < -0.4 is 15.2 Å². The number of methoxy groups -OCH3 is 2. The van der Waals surface area contributed by atoms with Gasteiger partial charge >= 0.3 is 0 Å². The van der Waals surface area contributed by atoms with Crippen LogP contribution in [0.5, 0.6) is 11.5 Å². The minimum absolute atomic E-state index is 0.0844. The van der Waals surface area contributed by atoms with Gasteiger partial charge in [0.25, 0.3) is 0 Å². The average molecular weight is 234 g/mol. The predicted molar refractivity (Wildman–Crippen MR) is 64.8 cm³/mol. The number of aromatic amines is 1. The Hall–Kier alpha value is -2.01. The molecule has 0 aliphatic rings. The molecular formula is C12H14N2O3. The van der Waals surface area contributed by atoms with Gasteiger partial charge in [-0.1, -0.05) is 0 Å². The highest BCUT2D eigenvalue weighted by molar-refractivity contribution is 6.07. The van der Waals surface area contributed by atoms with Gasteiger partial charge in [-0.05, 0) is 12.1 Å². The summed E-state index contributed by atoms with van der Waals surface area (Å²) < 4.78 is 10.5. The van der Waals surface area contributed by atoms with E-state index in [1.807, 2.05) is 6.07 Å². The number of H-pyrrole nitrogens is 1. The predicted octanol–water partition coefficient (Wildman–Crippen LogP) is 1.33. The lowest BCUT2D eigenvalue weighted by atomic mass is 10.1.